The van der Waals surface area contributed by atoms with E-state index in [1.807, 2.05) is 0 Å². The molecule has 2 heterocycles. The minimum atomic E-state index is -4.84. The summed E-state index contributed by atoms with van der Waals surface area (Å²) in [4.78, 5) is 17.2. The van der Waals surface area contributed by atoms with Gasteiger partial charge in [0.05, 0.1) is 10.6 Å². The van der Waals surface area contributed by atoms with Crippen LogP contribution in [0, 0.1) is 0 Å². The van der Waals surface area contributed by atoms with Gasteiger partial charge in [0.15, 0.2) is 0 Å². The number of benzene rings is 1. The van der Waals surface area contributed by atoms with Crippen LogP contribution in [0.4, 0.5) is 37.0 Å². The zero-order chi connectivity index (χ0) is 24.2. The minimum absolute atomic E-state index is 0. The van der Waals surface area contributed by atoms with Crippen molar-refractivity contribution in [1.29, 1.82) is 0 Å². The number of nitrogens with one attached hydrogen (secondary N) is 1. The van der Waals surface area contributed by atoms with Crippen molar-refractivity contribution in [2.45, 2.75) is 37.2 Å². The third kappa shape index (κ3) is 7.92. The van der Waals surface area contributed by atoms with Gasteiger partial charge in [-0.1, -0.05) is 29.8 Å². The van der Waals surface area contributed by atoms with E-state index in [1.165, 1.54) is 35.4 Å². The molecule has 0 saturated carbocycles. The number of rotatable bonds is 5. The quantitative estimate of drug-likeness (QED) is 0.445. The van der Waals surface area contributed by atoms with Gasteiger partial charge in [0.2, 0.25) is 6.10 Å². The molecule has 1 unspecified atom stereocenters. The number of likely N-dealkylation sites (tertiary alicyclic amines) is 1. The summed E-state index contributed by atoms with van der Waals surface area (Å²) < 4.78 is 84.3. The van der Waals surface area contributed by atoms with Crippen LogP contribution in [0.3, 0.4) is 0 Å². The van der Waals surface area contributed by atoms with Crippen molar-refractivity contribution in [2.75, 3.05) is 25.0 Å². The van der Waals surface area contributed by atoms with Gasteiger partial charge < -0.3 is 4.74 Å². The molecule has 2 atom stereocenters. The fourth-order valence-electron chi connectivity index (χ4n) is 3.62. The van der Waals surface area contributed by atoms with E-state index >= 15 is 0 Å². The number of piperidine rings is 1. The third-order valence-corrected chi connectivity index (χ3v) is 5.41. The Hall–Kier alpha value is -2.24. The van der Waals surface area contributed by atoms with Gasteiger partial charge in [-0.05, 0) is 49.1 Å². The molecule has 3 rings (SSSR count). The molecule has 5 nitrogen and oxygen atoms in total. The van der Waals surface area contributed by atoms with Crippen LogP contribution in [0.15, 0.2) is 42.6 Å². The standard InChI is InChI=1S/C21H20ClF6N3O2.ClH/c22-16-6-7-18(29-10-16)30-19(32)33-17(21(26,27)28)12-31-8-2-4-14(11-31)13-3-1-5-15(9-13)20(23,24)25;/h1,3,5-7,9-10,14,17H,2,4,8,11-12H2,(H,29,30,32);1H/t14-,17?;/m1./s1. The van der Waals surface area contributed by atoms with E-state index in [1.54, 1.807) is 0 Å². The molecule has 0 aliphatic carbocycles. The van der Waals surface area contributed by atoms with Gasteiger partial charge in [-0.3, -0.25) is 10.2 Å². The number of hydrogen-bond donors (Lipinski definition) is 1. The molecule has 13 heteroatoms. The fraction of sp³-hybridized carbons (Fsp3) is 0.429. The van der Waals surface area contributed by atoms with E-state index in [9.17, 15) is 31.1 Å². The molecule has 188 valence electrons. The van der Waals surface area contributed by atoms with Crippen molar-refractivity contribution < 1.29 is 35.9 Å². The Kier molecular flexibility index (Phi) is 9.44. The summed E-state index contributed by atoms with van der Waals surface area (Å²) >= 11 is 5.67. The van der Waals surface area contributed by atoms with Crippen LogP contribution in [0.2, 0.25) is 5.02 Å². The summed E-state index contributed by atoms with van der Waals surface area (Å²) in [5, 5.41) is 2.39. The highest BCUT2D eigenvalue weighted by atomic mass is 35.5. The van der Waals surface area contributed by atoms with Gasteiger partial charge >= 0.3 is 18.4 Å². The Bertz CT molecular complexity index is 957. The Labute approximate surface area is 202 Å². The van der Waals surface area contributed by atoms with Crippen molar-refractivity contribution in [2.24, 2.45) is 0 Å². The molecule has 1 aromatic heterocycles. The molecule has 1 aliphatic rings. The largest absolute Gasteiger partial charge is 0.435 e. The van der Waals surface area contributed by atoms with E-state index in [-0.39, 0.29) is 35.7 Å². The maximum absolute atomic E-state index is 13.5. The number of amides is 1. The van der Waals surface area contributed by atoms with Crippen LogP contribution in [0.1, 0.15) is 29.9 Å². The number of alkyl halides is 6. The SMILES string of the molecule is Cl.O=C(Nc1ccc(Cl)cn1)OC(CN1CCC[C@@H](c2cccc(C(F)(F)F)c2)C1)C(F)(F)F. The summed E-state index contributed by atoms with van der Waals surface area (Å²) in [7, 11) is 0. The molecule has 1 N–H and O–H groups in total. The average Bonchev–Trinajstić information content (AvgIpc) is 2.74. The van der Waals surface area contributed by atoms with Crippen molar-refractivity contribution in [1.82, 2.24) is 9.88 Å². The predicted octanol–water partition coefficient (Wildman–Crippen LogP) is 6.53. The zero-order valence-corrected chi connectivity index (χ0v) is 19.1. The summed E-state index contributed by atoms with van der Waals surface area (Å²) in [6, 6.07) is 7.50. The highest BCUT2D eigenvalue weighted by Gasteiger charge is 2.44. The number of hydrogen-bond acceptors (Lipinski definition) is 4. The average molecular weight is 532 g/mol. The number of pyridine rings is 1. The second-order valence-corrected chi connectivity index (χ2v) is 8.08. The highest BCUT2D eigenvalue weighted by Crippen LogP contribution is 2.34. The molecule has 0 spiro atoms. The first kappa shape index (κ1) is 28.0. The van der Waals surface area contributed by atoms with Crippen LogP contribution in [0.5, 0.6) is 0 Å². The maximum atomic E-state index is 13.5. The Morgan fingerprint density at radius 2 is 1.94 bits per heavy atom. The predicted molar refractivity (Wildman–Crippen MR) is 116 cm³/mol. The Morgan fingerprint density at radius 3 is 2.56 bits per heavy atom. The summed E-state index contributed by atoms with van der Waals surface area (Å²) in [6.07, 6.45) is -10.9. The van der Waals surface area contributed by atoms with E-state index in [4.69, 9.17) is 11.6 Å². The highest BCUT2D eigenvalue weighted by molar-refractivity contribution is 6.30. The smallest absolute Gasteiger partial charge is 0.426 e. The van der Waals surface area contributed by atoms with E-state index < -0.39 is 36.7 Å². The molecule has 0 radical (unpaired) electrons. The van der Waals surface area contributed by atoms with Crippen molar-refractivity contribution >= 4 is 35.9 Å². The number of carbonyl (C=O) groups excluding carboxylic acids is 1. The molecule has 0 bridgehead atoms. The number of halogens is 8. The first-order valence-electron chi connectivity index (χ1n) is 9.97. The maximum Gasteiger partial charge on any atom is 0.426 e. The van der Waals surface area contributed by atoms with Gasteiger partial charge in [0.1, 0.15) is 5.82 Å². The number of ether oxygens (including phenoxy) is 1. The van der Waals surface area contributed by atoms with E-state index in [2.05, 4.69) is 15.0 Å². The van der Waals surface area contributed by atoms with Crippen LogP contribution in [-0.4, -0.2) is 47.9 Å². The topological polar surface area (TPSA) is 54.5 Å². The molecule has 1 saturated heterocycles. The molecule has 1 aromatic carbocycles. The number of carbonyl (C=O) groups is 1. The van der Waals surface area contributed by atoms with Gasteiger partial charge in [-0.15, -0.1) is 12.4 Å². The third-order valence-electron chi connectivity index (χ3n) is 5.19. The Morgan fingerprint density at radius 1 is 1.21 bits per heavy atom. The number of nitrogens with zero attached hydrogens (tertiary/aromatic N) is 2. The first-order valence-corrected chi connectivity index (χ1v) is 10.3. The monoisotopic (exact) mass is 531 g/mol. The molecule has 34 heavy (non-hydrogen) atoms. The first-order chi connectivity index (χ1) is 15.4. The van der Waals surface area contributed by atoms with Crippen molar-refractivity contribution in [3.05, 3.63) is 58.7 Å². The lowest BCUT2D eigenvalue weighted by Gasteiger charge is -2.35. The molecule has 1 fully saturated rings. The summed E-state index contributed by atoms with van der Waals surface area (Å²) in [5.74, 6) is -0.407. The van der Waals surface area contributed by atoms with Gasteiger partial charge in [0, 0.05) is 19.3 Å². The van der Waals surface area contributed by atoms with Crippen molar-refractivity contribution in [3.63, 3.8) is 0 Å². The molecular formula is C21H21Cl2F6N3O2. The van der Waals surface area contributed by atoms with Crippen LogP contribution in [-0.2, 0) is 10.9 Å². The lowest BCUT2D eigenvalue weighted by atomic mass is 9.89. The minimum Gasteiger partial charge on any atom is -0.435 e. The summed E-state index contributed by atoms with van der Waals surface area (Å²) in [5.41, 5.74) is -0.397. The summed E-state index contributed by atoms with van der Waals surface area (Å²) in [6.45, 7) is -0.232. The second kappa shape index (κ2) is 11.5. The number of aromatic nitrogens is 1. The molecule has 2 aromatic rings. The molecular weight excluding hydrogens is 511 g/mol. The Balaban J connectivity index is 0.00000408. The molecule has 1 aliphatic heterocycles. The van der Waals surface area contributed by atoms with Crippen LogP contribution < -0.4 is 5.32 Å². The van der Waals surface area contributed by atoms with Crippen molar-refractivity contribution in [3.8, 4) is 0 Å². The van der Waals surface area contributed by atoms with Crippen LogP contribution >= 0.6 is 24.0 Å². The number of anilines is 1. The van der Waals surface area contributed by atoms with Gasteiger partial charge in [-0.2, -0.15) is 26.3 Å². The normalized spacial score (nSPS) is 18.0. The van der Waals surface area contributed by atoms with E-state index in [0.717, 1.165) is 12.1 Å². The molecule has 1 amide bonds. The second-order valence-electron chi connectivity index (χ2n) is 7.64. The van der Waals surface area contributed by atoms with Gasteiger partial charge in [0.25, 0.3) is 0 Å². The lowest BCUT2D eigenvalue weighted by Crippen LogP contribution is -2.47. The van der Waals surface area contributed by atoms with E-state index in [0.29, 0.717) is 24.9 Å². The fourth-order valence-corrected chi connectivity index (χ4v) is 3.73. The lowest BCUT2D eigenvalue weighted by molar-refractivity contribution is -0.207. The van der Waals surface area contributed by atoms with Gasteiger partial charge in [-0.25, -0.2) is 9.78 Å². The van der Waals surface area contributed by atoms with Crippen LogP contribution in [0.25, 0.3) is 0 Å². The zero-order valence-electron chi connectivity index (χ0n) is 17.5.